The molecule has 0 aliphatic heterocycles. The van der Waals surface area contributed by atoms with E-state index in [0.717, 1.165) is 17.8 Å². The lowest BCUT2D eigenvalue weighted by Crippen LogP contribution is -2.25. The van der Waals surface area contributed by atoms with E-state index in [1.807, 2.05) is 45.2 Å². The van der Waals surface area contributed by atoms with Gasteiger partial charge in [0, 0.05) is 25.3 Å². The molecule has 0 heterocycles. The van der Waals surface area contributed by atoms with E-state index in [-0.39, 0.29) is 12.0 Å². The second-order valence-corrected chi connectivity index (χ2v) is 4.26. The molecule has 0 fully saturated rings. The normalized spacial score (nSPS) is 13.9. The number of nitrogens with zero attached hydrogens (tertiary/aromatic N) is 2. The van der Waals surface area contributed by atoms with Crippen LogP contribution < -0.4 is 10.6 Å². The Balaban J connectivity index is 2.91. The fourth-order valence-electron chi connectivity index (χ4n) is 1.77. The molecule has 0 bridgehead atoms. The van der Waals surface area contributed by atoms with Gasteiger partial charge >= 0.3 is 0 Å². The zero-order valence-corrected chi connectivity index (χ0v) is 10.1. The molecular weight excluding hydrogens is 198 g/mol. The highest BCUT2D eigenvalue weighted by Crippen LogP contribution is 2.24. The third kappa shape index (κ3) is 2.98. The molecule has 0 aliphatic rings. The molecular formula is C13H19N3. The maximum atomic E-state index is 8.81. The molecule has 1 unspecified atom stereocenters. The van der Waals surface area contributed by atoms with Gasteiger partial charge in [-0.1, -0.05) is 18.2 Å². The van der Waals surface area contributed by atoms with Crippen molar-refractivity contribution in [3.63, 3.8) is 0 Å². The average Bonchev–Trinajstić information content (AvgIpc) is 2.28. The van der Waals surface area contributed by atoms with Crippen LogP contribution in [0, 0.1) is 17.2 Å². The smallest absolute Gasteiger partial charge is 0.0671 e. The highest BCUT2D eigenvalue weighted by Gasteiger charge is 2.11. The highest BCUT2D eigenvalue weighted by atomic mass is 15.1. The Labute approximate surface area is 97.5 Å². The molecule has 86 valence electrons. The molecule has 2 atom stereocenters. The second-order valence-electron chi connectivity index (χ2n) is 4.26. The van der Waals surface area contributed by atoms with E-state index in [9.17, 15) is 0 Å². The molecule has 16 heavy (non-hydrogen) atoms. The van der Waals surface area contributed by atoms with Crippen LogP contribution in [0.2, 0.25) is 0 Å². The summed E-state index contributed by atoms with van der Waals surface area (Å²) in [5.41, 5.74) is 8.16. The molecule has 3 heteroatoms. The minimum atomic E-state index is 0.0102. The topological polar surface area (TPSA) is 53.0 Å². The number of para-hydroxylation sites is 1. The van der Waals surface area contributed by atoms with Crippen LogP contribution in [0.3, 0.4) is 0 Å². The molecule has 1 aromatic rings. The van der Waals surface area contributed by atoms with Crippen LogP contribution in [-0.2, 0) is 0 Å². The van der Waals surface area contributed by atoms with Gasteiger partial charge in [-0.05, 0) is 25.5 Å². The van der Waals surface area contributed by atoms with E-state index in [1.54, 1.807) is 0 Å². The Hall–Kier alpha value is -1.53. The fourth-order valence-corrected chi connectivity index (χ4v) is 1.77. The maximum absolute atomic E-state index is 8.81. The van der Waals surface area contributed by atoms with Crippen LogP contribution in [0.1, 0.15) is 25.5 Å². The SMILES string of the molecule is CC(C#N)CN(C)c1ccccc1[C@H](C)N. The molecule has 1 aromatic carbocycles. The molecule has 0 saturated carbocycles. The first-order valence-corrected chi connectivity index (χ1v) is 5.51. The minimum absolute atomic E-state index is 0.0102. The van der Waals surface area contributed by atoms with Crippen molar-refractivity contribution in [3.05, 3.63) is 29.8 Å². The quantitative estimate of drug-likeness (QED) is 0.842. The van der Waals surface area contributed by atoms with Gasteiger partial charge in [-0.2, -0.15) is 5.26 Å². The van der Waals surface area contributed by atoms with Crippen LogP contribution in [-0.4, -0.2) is 13.6 Å². The van der Waals surface area contributed by atoms with Gasteiger partial charge < -0.3 is 10.6 Å². The average molecular weight is 217 g/mol. The molecule has 3 nitrogen and oxygen atoms in total. The van der Waals surface area contributed by atoms with Gasteiger partial charge in [0.15, 0.2) is 0 Å². The third-order valence-corrected chi connectivity index (χ3v) is 2.61. The van der Waals surface area contributed by atoms with Crippen LogP contribution >= 0.6 is 0 Å². The van der Waals surface area contributed by atoms with Crippen molar-refractivity contribution in [2.45, 2.75) is 19.9 Å². The predicted octanol–water partition coefficient (Wildman–Crippen LogP) is 2.30. The summed E-state index contributed by atoms with van der Waals surface area (Å²) in [5, 5.41) is 8.81. The van der Waals surface area contributed by atoms with Gasteiger partial charge in [-0.15, -0.1) is 0 Å². The Morgan fingerprint density at radius 2 is 2.00 bits per heavy atom. The van der Waals surface area contributed by atoms with Gasteiger partial charge in [0.25, 0.3) is 0 Å². The number of nitriles is 1. The van der Waals surface area contributed by atoms with Gasteiger partial charge in [0.1, 0.15) is 0 Å². The molecule has 0 aromatic heterocycles. The van der Waals surface area contributed by atoms with Crippen molar-refractivity contribution in [2.24, 2.45) is 11.7 Å². The highest BCUT2D eigenvalue weighted by molar-refractivity contribution is 5.54. The zero-order chi connectivity index (χ0) is 12.1. The zero-order valence-electron chi connectivity index (χ0n) is 10.1. The lowest BCUT2D eigenvalue weighted by Gasteiger charge is -2.24. The molecule has 0 aliphatic carbocycles. The largest absolute Gasteiger partial charge is 0.373 e. The first-order valence-electron chi connectivity index (χ1n) is 5.51. The van der Waals surface area contributed by atoms with Crippen LogP contribution in [0.4, 0.5) is 5.69 Å². The Kier molecular flexibility index (Phi) is 4.33. The van der Waals surface area contributed by atoms with E-state index in [4.69, 9.17) is 11.0 Å². The first kappa shape index (κ1) is 12.5. The van der Waals surface area contributed by atoms with E-state index in [1.165, 1.54) is 0 Å². The van der Waals surface area contributed by atoms with Crippen LogP contribution in [0.25, 0.3) is 0 Å². The predicted molar refractivity (Wildman–Crippen MR) is 67.1 cm³/mol. The summed E-state index contributed by atoms with van der Waals surface area (Å²) in [6, 6.07) is 10.3. The monoisotopic (exact) mass is 217 g/mol. The number of rotatable bonds is 4. The standard InChI is InChI=1S/C13H19N3/c1-10(8-14)9-16(3)13-7-5-4-6-12(13)11(2)15/h4-7,10-11H,9,15H2,1-3H3/t10?,11-/m0/s1. The first-order chi connectivity index (χ1) is 7.56. The molecule has 1 rings (SSSR count). The van der Waals surface area contributed by atoms with Crippen molar-refractivity contribution < 1.29 is 0 Å². The number of hydrogen-bond acceptors (Lipinski definition) is 3. The molecule has 0 spiro atoms. The number of anilines is 1. The summed E-state index contributed by atoms with van der Waals surface area (Å²) in [7, 11) is 2.00. The number of nitrogens with two attached hydrogens (primary N) is 1. The molecule has 0 saturated heterocycles. The fraction of sp³-hybridized carbons (Fsp3) is 0.462. The van der Waals surface area contributed by atoms with E-state index < -0.39 is 0 Å². The van der Waals surface area contributed by atoms with Gasteiger partial charge in [-0.3, -0.25) is 0 Å². The van der Waals surface area contributed by atoms with Crippen molar-refractivity contribution in [3.8, 4) is 6.07 Å². The van der Waals surface area contributed by atoms with Crippen molar-refractivity contribution in [1.82, 2.24) is 0 Å². The Bertz CT molecular complexity index is 379. The van der Waals surface area contributed by atoms with Crippen molar-refractivity contribution in [1.29, 1.82) is 5.26 Å². The number of benzene rings is 1. The molecule has 0 radical (unpaired) electrons. The lowest BCUT2D eigenvalue weighted by atomic mass is 10.1. The summed E-state index contributed by atoms with van der Waals surface area (Å²) in [6.07, 6.45) is 0. The Morgan fingerprint density at radius 3 is 2.56 bits per heavy atom. The van der Waals surface area contributed by atoms with Gasteiger partial charge in [0.05, 0.1) is 12.0 Å². The van der Waals surface area contributed by atoms with E-state index >= 15 is 0 Å². The Morgan fingerprint density at radius 1 is 1.38 bits per heavy atom. The van der Waals surface area contributed by atoms with Crippen molar-refractivity contribution >= 4 is 5.69 Å². The van der Waals surface area contributed by atoms with Crippen LogP contribution in [0.5, 0.6) is 0 Å². The maximum Gasteiger partial charge on any atom is 0.0671 e. The number of hydrogen-bond donors (Lipinski definition) is 1. The van der Waals surface area contributed by atoms with E-state index in [0.29, 0.717) is 0 Å². The van der Waals surface area contributed by atoms with Crippen molar-refractivity contribution in [2.75, 3.05) is 18.5 Å². The third-order valence-electron chi connectivity index (χ3n) is 2.61. The lowest BCUT2D eigenvalue weighted by molar-refractivity contribution is 0.708. The molecule has 0 amide bonds. The van der Waals surface area contributed by atoms with Gasteiger partial charge in [-0.25, -0.2) is 0 Å². The summed E-state index contributed by atoms with van der Waals surface area (Å²) in [5.74, 6) is 0.0196. The van der Waals surface area contributed by atoms with Gasteiger partial charge in [0.2, 0.25) is 0 Å². The summed E-state index contributed by atoms with van der Waals surface area (Å²) in [6.45, 7) is 4.62. The molecule has 2 N–H and O–H groups in total. The second kappa shape index (κ2) is 5.53. The summed E-state index contributed by atoms with van der Waals surface area (Å²) in [4.78, 5) is 2.09. The van der Waals surface area contributed by atoms with E-state index in [2.05, 4.69) is 11.0 Å². The van der Waals surface area contributed by atoms with Crippen LogP contribution in [0.15, 0.2) is 24.3 Å². The summed E-state index contributed by atoms with van der Waals surface area (Å²) >= 11 is 0. The summed E-state index contributed by atoms with van der Waals surface area (Å²) < 4.78 is 0. The minimum Gasteiger partial charge on any atom is -0.373 e.